The van der Waals surface area contributed by atoms with E-state index in [1.54, 1.807) is 36.4 Å². The maximum atomic E-state index is 12.3. The molecule has 0 aliphatic heterocycles. The zero-order valence-electron chi connectivity index (χ0n) is 13.9. The summed E-state index contributed by atoms with van der Waals surface area (Å²) in [6.45, 7) is 1.37. The van der Waals surface area contributed by atoms with Crippen LogP contribution in [0.1, 0.15) is 17.3 Å². The molecule has 0 saturated carbocycles. The Morgan fingerprint density at radius 2 is 1.44 bits per heavy atom. The van der Waals surface area contributed by atoms with Crippen LogP contribution in [-0.4, -0.2) is 22.0 Å². The molecule has 0 aliphatic carbocycles. The average molecular weight is 533 g/mol. The zero-order chi connectivity index (χ0) is 20.0. The molecular weight excluding hydrogens is 519 g/mol. The molecule has 2 aromatic carbocycles. The summed E-state index contributed by atoms with van der Waals surface area (Å²) < 4.78 is 0.890. The lowest BCUT2D eigenvalue weighted by molar-refractivity contribution is -0.117. The topological polar surface area (TPSA) is 82.3 Å². The molecule has 27 heavy (non-hydrogen) atoms. The van der Waals surface area contributed by atoms with Crippen LogP contribution in [0, 0.1) is 3.57 Å². The minimum Gasteiger partial charge on any atom is -0.332 e. The third kappa shape index (κ3) is 7.01. The van der Waals surface area contributed by atoms with Gasteiger partial charge in [-0.1, -0.05) is 11.6 Å². The highest BCUT2D eigenvalue weighted by atomic mass is 127. The molecule has 0 radical (unpaired) electrons. The Morgan fingerprint density at radius 3 is 1.96 bits per heavy atom. The third-order valence-electron chi connectivity index (χ3n) is 3.09. The molecule has 0 aromatic heterocycles. The fourth-order valence-electron chi connectivity index (χ4n) is 1.96. The second-order valence-corrected chi connectivity index (χ2v) is 7.71. The highest BCUT2D eigenvalue weighted by Gasteiger charge is 2.12. The van der Waals surface area contributed by atoms with E-state index < -0.39 is 5.91 Å². The SMILES string of the molecule is CC(=O)NC(=S)Nc1ccc(NC(=S)NC(=O)c2cc(I)ccc2Cl)cc1. The van der Waals surface area contributed by atoms with Gasteiger partial charge in [0.1, 0.15) is 0 Å². The van der Waals surface area contributed by atoms with Gasteiger partial charge in [0.05, 0.1) is 10.6 Å². The predicted molar refractivity (Wildman–Crippen MR) is 124 cm³/mol. The lowest BCUT2D eigenvalue weighted by Crippen LogP contribution is -2.34. The highest BCUT2D eigenvalue weighted by Crippen LogP contribution is 2.19. The summed E-state index contributed by atoms with van der Waals surface area (Å²) in [5, 5.41) is 11.5. The van der Waals surface area contributed by atoms with Crippen LogP contribution in [0.25, 0.3) is 0 Å². The van der Waals surface area contributed by atoms with Crippen molar-refractivity contribution in [1.82, 2.24) is 10.6 Å². The summed E-state index contributed by atoms with van der Waals surface area (Å²) in [5.41, 5.74) is 1.71. The van der Waals surface area contributed by atoms with Crippen molar-refractivity contribution < 1.29 is 9.59 Å². The minimum atomic E-state index is -0.394. The molecule has 0 fully saturated rings. The number of rotatable bonds is 3. The van der Waals surface area contributed by atoms with E-state index in [0.717, 1.165) is 3.57 Å². The van der Waals surface area contributed by atoms with Crippen LogP contribution >= 0.6 is 58.6 Å². The molecule has 0 saturated heterocycles. The van der Waals surface area contributed by atoms with E-state index in [1.165, 1.54) is 6.92 Å². The molecule has 4 N–H and O–H groups in total. The number of carbonyl (C=O) groups is 2. The number of carbonyl (C=O) groups excluding carboxylic acids is 2. The third-order valence-corrected chi connectivity index (χ3v) is 4.50. The maximum Gasteiger partial charge on any atom is 0.258 e. The van der Waals surface area contributed by atoms with Gasteiger partial charge in [0.2, 0.25) is 5.91 Å². The van der Waals surface area contributed by atoms with Gasteiger partial charge in [0.25, 0.3) is 5.91 Å². The van der Waals surface area contributed by atoms with Crippen molar-refractivity contribution in [3.63, 3.8) is 0 Å². The highest BCUT2D eigenvalue weighted by molar-refractivity contribution is 14.1. The molecule has 10 heteroatoms. The Bertz CT molecular complexity index is 906. The Morgan fingerprint density at radius 1 is 0.926 bits per heavy atom. The number of benzene rings is 2. The number of hydrogen-bond acceptors (Lipinski definition) is 4. The van der Waals surface area contributed by atoms with Crippen molar-refractivity contribution in [1.29, 1.82) is 0 Å². The van der Waals surface area contributed by atoms with Crippen molar-refractivity contribution in [2.75, 3.05) is 10.6 Å². The van der Waals surface area contributed by atoms with Crippen molar-refractivity contribution in [3.8, 4) is 0 Å². The average Bonchev–Trinajstić information content (AvgIpc) is 2.58. The van der Waals surface area contributed by atoms with E-state index in [4.69, 9.17) is 36.0 Å². The lowest BCUT2D eigenvalue weighted by Gasteiger charge is -2.12. The first-order chi connectivity index (χ1) is 12.7. The molecular formula is C17H14ClIN4O2S2. The maximum absolute atomic E-state index is 12.3. The molecule has 6 nitrogen and oxygen atoms in total. The van der Waals surface area contributed by atoms with E-state index >= 15 is 0 Å². The second kappa shape index (κ2) is 9.93. The number of nitrogens with one attached hydrogen (secondary N) is 4. The van der Waals surface area contributed by atoms with Crippen LogP contribution in [-0.2, 0) is 4.79 Å². The van der Waals surface area contributed by atoms with E-state index in [1.807, 2.05) is 6.07 Å². The van der Waals surface area contributed by atoms with Gasteiger partial charge in [-0.15, -0.1) is 0 Å². The van der Waals surface area contributed by atoms with Gasteiger partial charge >= 0.3 is 0 Å². The summed E-state index contributed by atoms with van der Waals surface area (Å²) in [7, 11) is 0. The van der Waals surface area contributed by atoms with Gasteiger partial charge in [-0.05, 0) is 89.5 Å². The normalized spacial score (nSPS) is 9.89. The summed E-state index contributed by atoms with van der Waals surface area (Å²) in [6.07, 6.45) is 0. The van der Waals surface area contributed by atoms with Crippen molar-refractivity contribution in [3.05, 3.63) is 56.6 Å². The van der Waals surface area contributed by atoms with Gasteiger partial charge in [-0.2, -0.15) is 0 Å². The van der Waals surface area contributed by atoms with Gasteiger partial charge in [0, 0.05) is 21.9 Å². The Kier molecular flexibility index (Phi) is 7.90. The predicted octanol–water partition coefficient (Wildman–Crippen LogP) is 3.90. The van der Waals surface area contributed by atoms with Crippen LogP contribution in [0.5, 0.6) is 0 Å². The van der Waals surface area contributed by atoms with Crippen LogP contribution in [0.4, 0.5) is 11.4 Å². The second-order valence-electron chi connectivity index (χ2n) is 5.25. The molecule has 2 rings (SSSR count). The number of hydrogen-bond donors (Lipinski definition) is 4. The summed E-state index contributed by atoms with van der Waals surface area (Å²) in [6, 6.07) is 12.1. The van der Waals surface area contributed by atoms with Crippen LogP contribution in [0.15, 0.2) is 42.5 Å². The van der Waals surface area contributed by atoms with Crippen LogP contribution in [0.3, 0.4) is 0 Å². The lowest BCUT2D eigenvalue weighted by atomic mass is 10.2. The largest absolute Gasteiger partial charge is 0.332 e. The number of halogens is 2. The van der Waals surface area contributed by atoms with E-state index in [-0.39, 0.29) is 16.1 Å². The van der Waals surface area contributed by atoms with E-state index in [2.05, 4.69) is 43.9 Å². The first-order valence-corrected chi connectivity index (χ1v) is 9.78. The molecule has 0 heterocycles. The van der Waals surface area contributed by atoms with Gasteiger partial charge in [-0.25, -0.2) is 0 Å². The summed E-state index contributed by atoms with van der Waals surface area (Å²) in [4.78, 5) is 23.2. The minimum absolute atomic E-state index is 0.143. The Hall–Kier alpha value is -1.82. The molecule has 2 aromatic rings. The zero-order valence-corrected chi connectivity index (χ0v) is 18.5. The van der Waals surface area contributed by atoms with Crippen LogP contribution in [0.2, 0.25) is 5.02 Å². The first-order valence-electron chi connectivity index (χ1n) is 7.50. The van der Waals surface area contributed by atoms with Gasteiger partial charge in [0.15, 0.2) is 10.2 Å². The molecule has 0 aliphatic rings. The fourth-order valence-corrected chi connectivity index (χ4v) is 3.13. The Labute approximate surface area is 185 Å². The monoisotopic (exact) mass is 532 g/mol. The van der Waals surface area contributed by atoms with Gasteiger partial charge < -0.3 is 16.0 Å². The summed E-state index contributed by atoms with van der Waals surface area (Å²) >= 11 is 18.3. The van der Waals surface area contributed by atoms with E-state index in [0.29, 0.717) is 22.0 Å². The van der Waals surface area contributed by atoms with Gasteiger partial charge in [-0.3, -0.25) is 14.9 Å². The molecule has 2 amide bonds. The van der Waals surface area contributed by atoms with Crippen molar-refractivity contribution in [2.24, 2.45) is 0 Å². The fraction of sp³-hybridized carbons (Fsp3) is 0.0588. The first kappa shape index (κ1) is 21.5. The molecule has 0 bridgehead atoms. The smallest absolute Gasteiger partial charge is 0.258 e. The number of thiocarbonyl (C=S) groups is 2. The van der Waals surface area contributed by atoms with Crippen LogP contribution < -0.4 is 21.3 Å². The molecule has 0 atom stereocenters. The quantitative estimate of drug-likeness (QED) is 0.355. The number of anilines is 2. The molecule has 140 valence electrons. The standard InChI is InChI=1S/C17H14ClIN4O2S2/c1-9(24)20-16(26)21-11-3-5-12(6-4-11)22-17(27)23-15(25)13-8-10(19)2-7-14(13)18/h2-8H,1H3,(H2,20,21,24,26)(H2,22,23,25,27). The number of amides is 2. The van der Waals surface area contributed by atoms with Crippen molar-refractivity contribution in [2.45, 2.75) is 6.92 Å². The summed E-state index contributed by atoms with van der Waals surface area (Å²) in [5.74, 6) is -0.643. The Balaban J connectivity index is 1.93. The van der Waals surface area contributed by atoms with Crippen molar-refractivity contribution >= 4 is 92.0 Å². The molecule has 0 spiro atoms. The van der Waals surface area contributed by atoms with E-state index in [9.17, 15) is 9.59 Å². The molecule has 0 unspecified atom stereocenters.